The van der Waals surface area contributed by atoms with Crippen molar-refractivity contribution >= 4 is 0 Å². The molecule has 0 saturated heterocycles. The summed E-state index contributed by atoms with van der Waals surface area (Å²) in [6, 6.07) is 4.28. The van der Waals surface area contributed by atoms with Crippen LogP contribution in [-0.2, 0) is 0 Å². The van der Waals surface area contributed by atoms with E-state index in [0.29, 0.717) is 17.9 Å². The van der Waals surface area contributed by atoms with E-state index in [1.165, 1.54) is 31.4 Å². The maximum Gasteiger partial charge on any atom is 0.125 e. The Morgan fingerprint density at radius 2 is 1.94 bits per heavy atom. The Hall–Kier alpha value is -1.09. The largest absolute Gasteiger partial charge is 0.493 e. The molecule has 3 heteroatoms. The van der Waals surface area contributed by atoms with Gasteiger partial charge in [0.25, 0.3) is 0 Å². The highest BCUT2D eigenvalue weighted by Gasteiger charge is 2.10. The van der Waals surface area contributed by atoms with Gasteiger partial charge in [-0.05, 0) is 31.5 Å². The summed E-state index contributed by atoms with van der Waals surface area (Å²) in [5.74, 6) is 0.239. The van der Waals surface area contributed by atoms with Crippen LogP contribution in [0.3, 0.4) is 0 Å². The maximum absolute atomic E-state index is 13.1. The van der Waals surface area contributed by atoms with Crippen molar-refractivity contribution in [2.24, 2.45) is 0 Å². The van der Waals surface area contributed by atoms with Crippen LogP contribution in [0.5, 0.6) is 5.75 Å². The molecule has 18 heavy (non-hydrogen) atoms. The number of hydrogen-bond donors (Lipinski definition) is 1. The first-order valence-electron chi connectivity index (χ1n) is 6.75. The molecule has 0 saturated carbocycles. The quantitative estimate of drug-likeness (QED) is 0.703. The number of hydrogen-bond acceptors (Lipinski definition) is 2. The number of benzene rings is 1. The number of unbranched alkanes of at least 4 members (excludes halogenated alkanes) is 4. The molecular weight excluding hydrogens is 231 g/mol. The van der Waals surface area contributed by atoms with Gasteiger partial charge in [-0.2, -0.15) is 0 Å². The molecule has 0 amide bonds. The van der Waals surface area contributed by atoms with E-state index in [9.17, 15) is 9.50 Å². The van der Waals surface area contributed by atoms with Gasteiger partial charge in [0.2, 0.25) is 0 Å². The minimum atomic E-state index is -0.712. The smallest absolute Gasteiger partial charge is 0.125 e. The Labute approximate surface area is 109 Å². The molecule has 1 rings (SSSR count). The van der Waals surface area contributed by atoms with Crippen molar-refractivity contribution in [2.75, 3.05) is 6.61 Å². The lowest BCUT2D eigenvalue weighted by Crippen LogP contribution is -2.03. The predicted octanol–water partition coefficient (Wildman–Crippen LogP) is 4.23. The zero-order valence-corrected chi connectivity index (χ0v) is 11.3. The van der Waals surface area contributed by atoms with E-state index in [1.54, 1.807) is 13.0 Å². The Morgan fingerprint density at radius 3 is 2.61 bits per heavy atom. The second-order valence-corrected chi connectivity index (χ2v) is 4.62. The van der Waals surface area contributed by atoms with Crippen molar-refractivity contribution in [2.45, 2.75) is 52.1 Å². The third kappa shape index (κ3) is 5.05. The van der Waals surface area contributed by atoms with E-state index in [-0.39, 0.29) is 5.82 Å². The normalized spacial score (nSPS) is 12.4. The lowest BCUT2D eigenvalue weighted by atomic mass is 10.1. The van der Waals surface area contributed by atoms with Crippen LogP contribution in [-0.4, -0.2) is 11.7 Å². The molecule has 0 radical (unpaired) electrons. The van der Waals surface area contributed by atoms with E-state index < -0.39 is 6.10 Å². The maximum atomic E-state index is 13.1. The van der Waals surface area contributed by atoms with E-state index in [2.05, 4.69) is 6.92 Å². The highest BCUT2D eigenvalue weighted by Crippen LogP contribution is 2.26. The van der Waals surface area contributed by atoms with Gasteiger partial charge in [-0.25, -0.2) is 4.39 Å². The van der Waals surface area contributed by atoms with Gasteiger partial charge >= 0.3 is 0 Å². The number of aliphatic hydroxyl groups excluding tert-OH is 1. The van der Waals surface area contributed by atoms with Gasteiger partial charge in [0.15, 0.2) is 0 Å². The molecule has 1 aromatic carbocycles. The average molecular weight is 254 g/mol. The van der Waals surface area contributed by atoms with Gasteiger partial charge in [0.1, 0.15) is 11.6 Å². The Kier molecular flexibility index (Phi) is 6.73. The molecule has 1 atom stereocenters. The SMILES string of the molecule is CCCCCCCOc1ccc(F)cc1[C@@H](C)O. The van der Waals surface area contributed by atoms with Crippen LogP contribution >= 0.6 is 0 Å². The number of rotatable bonds is 8. The van der Waals surface area contributed by atoms with Crippen molar-refractivity contribution in [3.8, 4) is 5.75 Å². The van der Waals surface area contributed by atoms with Gasteiger partial charge in [-0.1, -0.05) is 32.6 Å². The predicted molar refractivity (Wildman–Crippen MR) is 71.3 cm³/mol. The highest BCUT2D eigenvalue weighted by molar-refractivity contribution is 5.35. The summed E-state index contributed by atoms with van der Waals surface area (Å²) in [7, 11) is 0. The molecule has 0 bridgehead atoms. The monoisotopic (exact) mass is 254 g/mol. The summed E-state index contributed by atoms with van der Waals surface area (Å²) < 4.78 is 18.7. The Bertz CT molecular complexity index is 350. The van der Waals surface area contributed by atoms with Gasteiger partial charge in [-0.15, -0.1) is 0 Å². The third-order valence-electron chi connectivity index (χ3n) is 2.93. The second kappa shape index (κ2) is 8.09. The topological polar surface area (TPSA) is 29.5 Å². The van der Waals surface area contributed by atoms with Crippen molar-refractivity contribution in [3.63, 3.8) is 0 Å². The summed E-state index contributed by atoms with van der Waals surface area (Å²) in [5.41, 5.74) is 0.517. The number of aliphatic hydroxyl groups is 1. The van der Waals surface area contributed by atoms with Crippen LogP contribution in [0.15, 0.2) is 18.2 Å². The first-order valence-corrected chi connectivity index (χ1v) is 6.75. The van der Waals surface area contributed by atoms with Crippen molar-refractivity contribution < 1.29 is 14.2 Å². The summed E-state index contributed by atoms with van der Waals surface area (Å²) in [5, 5.41) is 9.55. The Balaban J connectivity index is 2.42. The van der Waals surface area contributed by atoms with E-state index in [1.807, 2.05) is 0 Å². The third-order valence-corrected chi connectivity index (χ3v) is 2.93. The molecule has 2 nitrogen and oxygen atoms in total. The molecule has 1 aromatic rings. The van der Waals surface area contributed by atoms with Crippen LogP contribution in [0.1, 0.15) is 57.6 Å². The minimum absolute atomic E-state index is 0.346. The summed E-state index contributed by atoms with van der Waals surface area (Å²) in [6.45, 7) is 4.42. The summed E-state index contributed by atoms with van der Waals surface area (Å²) >= 11 is 0. The number of halogens is 1. The van der Waals surface area contributed by atoms with Gasteiger partial charge in [-0.3, -0.25) is 0 Å². The molecule has 0 unspecified atom stereocenters. The van der Waals surface area contributed by atoms with Crippen LogP contribution in [0, 0.1) is 5.82 Å². The van der Waals surface area contributed by atoms with Gasteiger partial charge in [0, 0.05) is 5.56 Å². The fraction of sp³-hybridized carbons (Fsp3) is 0.600. The molecule has 1 N–H and O–H groups in total. The molecule has 0 aromatic heterocycles. The summed E-state index contributed by atoms with van der Waals surface area (Å²) in [6.07, 6.45) is 5.15. The fourth-order valence-corrected chi connectivity index (χ4v) is 1.86. The van der Waals surface area contributed by atoms with E-state index in [4.69, 9.17) is 4.74 Å². The first kappa shape index (κ1) is 15.0. The van der Waals surface area contributed by atoms with Crippen molar-refractivity contribution in [1.29, 1.82) is 0 Å². The van der Waals surface area contributed by atoms with Crippen molar-refractivity contribution in [1.82, 2.24) is 0 Å². The molecule has 0 fully saturated rings. The molecule has 0 aliphatic rings. The van der Waals surface area contributed by atoms with Crippen LogP contribution in [0.2, 0.25) is 0 Å². The molecule has 0 aliphatic carbocycles. The standard InChI is InChI=1S/C15H23FO2/c1-3-4-5-6-7-10-18-15-9-8-13(16)11-14(15)12(2)17/h8-9,11-12,17H,3-7,10H2,1-2H3/t12-/m1/s1. The Morgan fingerprint density at radius 1 is 1.22 bits per heavy atom. The first-order chi connectivity index (χ1) is 8.65. The number of ether oxygens (including phenoxy) is 1. The van der Waals surface area contributed by atoms with Crippen molar-refractivity contribution in [3.05, 3.63) is 29.6 Å². The second-order valence-electron chi connectivity index (χ2n) is 4.62. The van der Waals surface area contributed by atoms with Crippen LogP contribution in [0.25, 0.3) is 0 Å². The highest BCUT2D eigenvalue weighted by atomic mass is 19.1. The van der Waals surface area contributed by atoms with Gasteiger partial charge < -0.3 is 9.84 Å². The zero-order valence-electron chi connectivity index (χ0n) is 11.3. The lowest BCUT2D eigenvalue weighted by Gasteiger charge is -2.13. The minimum Gasteiger partial charge on any atom is -0.493 e. The molecular formula is C15H23FO2. The van der Waals surface area contributed by atoms with Crippen LogP contribution < -0.4 is 4.74 Å². The molecule has 0 spiro atoms. The molecule has 0 aliphatic heterocycles. The zero-order chi connectivity index (χ0) is 13.4. The lowest BCUT2D eigenvalue weighted by molar-refractivity contribution is 0.190. The molecule has 102 valence electrons. The summed E-state index contributed by atoms with van der Waals surface area (Å²) in [4.78, 5) is 0. The molecule has 0 heterocycles. The fourth-order valence-electron chi connectivity index (χ4n) is 1.86. The van der Waals surface area contributed by atoms with E-state index in [0.717, 1.165) is 12.8 Å². The van der Waals surface area contributed by atoms with Gasteiger partial charge in [0.05, 0.1) is 12.7 Å². The van der Waals surface area contributed by atoms with E-state index >= 15 is 0 Å². The average Bonchev–Trinajstić information content (AvgIpc) is 2.35. The van der Waals surface area contributed by atoms with Crippen LogP contribution in [0.4, 0.5) is 4.39 Å².